The summed E-state index contributed by atoms with van der Waals surface area (Å²) in [7, 11) is 0. The van der Waals surface area contributed by atoms with Gasteiger partial charge in [-0.2, -0.15) is 0 Å². The molecular formula is C10H9NO2S. The minimum atomic E-state index is -0.836. The maximum Gasteiger partial charge on any atom is 0.323 e. The van der Waals surface area contributed by atoms with Gasteiger partial charge in [-0.25, -0.2) is 0 Å². The van der Waals surface area contributed by atoms with Crippen LogP contribution in [0, 0.1) is 0 Å². The standard InChI is InChI=1S/C10H9NO2S/c12-10(13)6-11-4-3-7-5-8(14)1-2-9(7)11/h1-5,14H,6H2,(H,12,13). The summed E-state index contributed by atoms with van der Waals surface area (Å²) >= 11 is 4.21. The van der Waals surface area contributed by atoms with E-state index in [-0.39, 0.29) is 6.54 Å². The first-order valence-electron chi connectivity index (χ1n) is 4.16. The summed E-state index contributed by atoms with van der Waals surface area (Å²) in [5, 5.41) is 9.68. The Labute approximate surface area is 86.4 Å². The number of nitrogens with zero attached hydrogens (tertiary/aromatic N) is 1. The number of aliphatic carboxylic acids is 1. The number of benzene rings is 1. The van der Waals surface area contributed by atoms with Crippen LogP contribution in [0.1, 0.15) is 0 Å². The predicted octanol–water partition coefficient (Wildman–Crippen LogP) is 2.01. The molecule has 0 fully saturated rings. The average Bonchev–Trinajstić information content (AvgIpc) is 2.47. The Bertz CT molecular complexity index is 490. The zero-order valence-corrected chi connectivity index (χ0v) is 8.24. The molecule has 0 amide bonds. The van der Waals surface area contributed by atoms with E-state index in [1.54, 1.807) is 10.8 Å². The summed E-state index contributed by atoms with van der Waals surface area (Å²) < 4.78 is 1.70. The smallest absolute Gasteiger partial charge is 0.323 e. The van der Waals surface area contributed by atoms with E-state index < -0.39 is 5.97 Å². The van der Waals surface area contributed by atoms with Crippen LogP contribution in [0.15, 0.2) is 35.4 Å². The molecule has 1 aromatic heterocycles. The third-order valence-corrected chi connectivity index (χ3v) is 2.34. The Morgan fingerprint density at radius 3 is 2.93 bits per heavy atom. The third-order valence-electron chi connectivity index (χ3n) is 2.06. The summed E-state index contributed by atoms with van der Waals surface area (Å²) in [6.45, 7) is -0.00455. The lowest BCUT2D eigenvalue weighted by Crippen LogP contribution is -2.06. The van der Waals surface area contributed by atoms with Crippen molar-refractivity contribution in [1.82, 2.24) is 4.57 Å². The van der Waals surface area contributed by atoms with Crippen LogP contribution in [0.25, 0.3) is 10.9 Å². The van der Waals surface area contributed by atoms with Crippen molar-refractivity contribution in [2.24, 2.45) is 0 Å². The molecule has 0 aliphatic carbocycles. The van der Waals surface area contributed by atoms with E-state index in [9.17, 15) is 4.79 Å². The van der Waals surface area contributed by atoms with Gasteiger partial charge in [-0.1, -0.05) is 0 Å². The van der Waals surface area contributed by atoms with Gasteiger partial charge in [0.15, 0.2) is 0 Å². The van der Waals surface area contributed by atoms with Gasteiger partial charge < -0.3 is 9.67 Å². The lowest BCUT2D eigenvalue weighted by atomic mass is 10.2. The average molecular weight is 207 g/mol. The number of rotatable bonds is 2. The Kier molecular flexibility index (Phi) is 2.21. The quantitative estimate of drug-likeness (QED) is 0.740. The van der Waals surface area contributed by atoms with Crippen LogP contribution >= 0.6 is 12.6 Å². The van der Waals surface area contributed by atoms with Gasteiger partial charge in [0.2, 0.25) is 0 Å². The molecule has 1 heterocycles. The van der Waals surface area contributed by atoms with Gasteiger partial charge in [-0.15, -0.1) is 12.6 Å². The fourth-order valence-electron chi connectivity index (χ4n) is 1.47. The minimum Gasteiger partial charge on any atom is -0.480 e. The van der Waals surface area contributed by atoms with Gasteiger partial charge in [0.05, 0.1) is 0 Å². The highest BCUT2D eigenvalue weighted by Crippen LogP contribution is 2.19. The summed E-state index contributed by atoms with van der Waals surface area (Å²) in [5.41, 5.74) is 0.921. The van der Waals surface area contributed by atoms with Crippen molar-refractivity contribution in [2.45, 2.75) is 11.4 Å². The Balaban J connectivity index is 2.52. The third kappa shape index (κ3) is 1.61. The largest absolute Gasteiger partial charge is 0.480 e. The van der Waals surface area contributed by atoms with Crippen LogP contribution in [-0.4, -0.2) is 15.6 Å². The molecule has 14 heavy (non-hydrogen) atoms. The molecule has 0 aliphatic rings. The number of fused-ring (bicyclic) bond motifs is 1. The van der Waals surface area contributed by atoms with Gasteiger partial charge in [0.1, 0.15) is 6.54 Å². The van der Waals surface area contributed by atoms with E-state index in [4.69, 9.17) is 5.11 Å². The SMILES string of the molecule is O=C(O)Cn1ccc2cc(S)ccc21. The van der Waals surface area contributed by atoms with Gasteiger partial charge in [-0.3, -0.25) is 4.79 Å². The Morgan fingerprint density at radius 2 is 2.21 bits per heavy atom. The van der Waals surface area contributed by atoms with Crippen LogP contribution in [-0.2, 0) is 11.3 Å². The van der Waals surface area contributed by atoms with E-state index in [2.05, 4.69) is 12.6 Å². The lowest BCUT2D eigenvalue weighted by Gasteiger charge is -2.00. The highest BCUT2D eigenvalue weighted by atomic mass is 32.1. The first-order chi connectivity index (χ1) is 6.66. The highest BCUT2D eigenvalue weighted by Gasteiger charge is 2.03. The van der Waals surface area contributed by atoms with E-state index in [0.717, 1.165) is 15.8 Å². The molecule has 3 nitrogen and oxygen atoms in total. The first-order valence-corrected chi connectivity index (χ1v) is 4.61. The fraction of sp³-hybridized carbons (Fsp3) is 0.100. The lowest BCUT2D eigenvalue weighted by molar-refractivity contribution is -0.137. The summed E-state index contributed by atoms with van der Waals surface area (Å²) in [6.07, 6.45) is 1.77. The second-order valence-corrected chi connectivity index (χ2v) is 3.60. The Hall–Kier alpha value is -1.42. The molecule has 0 atom stereocenters. The van der Waals surface area contributed by atoms with Crippen LogP contribution in [0.2, 0.25) is 0 Å². The van der Waals surface area contributed by atoms with Crippen molar-refractivity contribution in [2.75, 3.05) is 0 Å². The van der Waals surface area contributed by atoms with Crippen LogP contribution in [0.3, 0.4) is 0 Å². The molecule has 0 radical (unpaired) electrons. The normalized spacial score (nSPS) is 10.6. The molecule has 0 saturated heterocycles. The molecule has 1 N–H and O–H groups in total. The van der Waals surface area contributed by atoms with Crippen LogP contribution in [0.5, 0.6) is 0 Å². The molecular weight excluding hydrogens is 198 g/mol. The molecule has 2 aromatic rings. The van der Waals surface area contributed by atoms with Crippen molar-refractivity contribution in [1.29, 1.82) is 0 Å². The van der Waals surface area contributed by atoms with Gasteiger partial charge in [-0.05, 0) is 24.3 Å². The number of hydrogen-bond donors (Lipinski definition) is 2. The molecule has 0 unspecified atom stereocenters. The zero-order chi connectivity index (χ0) is 10.1. The number of carbonyl (C=O) groups is 1. The van der Waals surface area contributed by atoms with E-state index in [1.807, 2.05) is 24.3 Å². The number of thiol groups is 1. The fourth-order valence-corrected chi connectivity index (χ4v) is 1.68. The van der Waals surface area contributed by atoms with Crippen LogP contribution < -0.4 is 0 Å². The van der Waals surface area contributed by atoms with Gasteiger partial charge in [0.25, 0.3) is 0 Å². The predicted molar refractivity (Wildman–Crippen MR) is 56.8 cm³/mol. The summed E-state index contributed by atoms with van der Waals surface area (Å²) in [4.78, 5) is 11.4. The topological polar surface area (TPSA) is 42.2 Å². The van der Waals surface area contributed by atoms with Crippen molar-refractivity contribution in [3.05, 3.63) is 30.5 Å². The zero-order valence-electron chi connectivity index (χ0n) is 7.34. The molecule has 1 aromatic carbocycles. The summed E-state index contributed by atoms with van der Waals surface area (Å²) in [6, 6.07) is 7.53. The molecule has 0 spiro atoms. The van der Waals surface area contributed by atoms with Gasteiger partial charge >= 0.3 is 5.97 Å². The molecule has 0 aliphatic heterocycles. The van der Waals surface area contributed by atoms with Crippen molar-refractivity contribution >= 4 is 29.5 Å². The van der Waals surface area contributed by atoms with E-state index >= 15 is 0 Å². The van der Waals surface area contributed by atoms with Crippen LogP contribution in [0.4, 0.5) is 0 Å². The van der Waals surface area contributed by atoms with Gasteiger partial charge in [0, 0.05) is 22.0 Å². The Morgan fingerprint density at radius 1 is 1.43 bits per heavy atom. The molecule has 4 heteroatoms. The van der Waals surface area contributed by atoms with Crippen molar-refractivity contribution in [3.63, 3.8) is 0 Å². The minimum absolute atomic E-state index is 0.00455. The molecule has 2 rings (SSSR count). The highest BCUT2D eigenvalue weighted by molar-refractivity contribution is 7.80. The maximum atomic E-state index is 10.5. The maximum absolute atomic E-state index is 10.5. The molecule has 0 saturated carbocycles. The van der Waals surface area contributed by atoms with Crippen molar-refractivity contribution in [3.8, 4) is 0 Å². The first kappa shape index (κ1) is 9.15. The summed E-state index contributed by atoms with van der Waals surface area (Å²) in [5.74, 6) is -0.836. The second-order valence-electron chi connectivity index (χ2n) is 3.08. The second kappa shape index (κ2) is 3.38. The van der Waals surface area contributed by atoms with Crippen molar-refractivity contribution < 1.29 is 9.90 Å². The number of carboxylic acids is 1. The molecule has 0 bridgehead atoms. The van der Waals surface area contributed by atoms with E-state index in [1.165, 1.54) is 0 Å². The molecule has 72 valence electrons. The number of carboxylic acid groups (broad SMARTS) is 1. The number of aromatic nitrogens is 1. The monoisotopic (exact) mass is 207 g/mol. The number of hydrogen-bond acceptors (Lipinski definition) is 2. The van der Waals surface area contributed by atoms with E-state index in [0.29, 0.717) is 0 Å².